The van der Waals surface area contributed by atoms with Crippen LogP contribution in [0.5, 0.6) is 5.75 Å². The fourth-order valence-corrected chi connectivity index (χ4v) is 6.01. The van der Waals surface area contributed by atoms with Crippen LogP contribution >= 0.6 is 7.92 Å². The number of hydrogen-bond acceptors (Lipinski definition) is 3. The summed E-state index contributed by atoms with van der Waals surface area (Å²) in [6.45, 7) is 2.34. The minimum atomic E-state index is -3.21. The van der Waals surface area contributed by atoms with Gasteiger partial charge in [0.2, 0.25) is 0 Å². The fraction of sp³-hybridized carbons (Fsp3) is 0.259. The van der Waals surface area contributed by atoms with E-state index in [0.717, 1.165) is 4.90 Å². The summed E-state index contributed by atoms with van der Waals surface area (Å²) in [5, 5.41) is -1.62. The third kappa shape index (κ3) is 4.70. The second-order valence-electron chi connectivity index (χ2n) is 9.70. The van der Waals surface area contributed by atoms with Crippen molar-refractivity contribution in [2.24, 2.45) is 0 Å². The largest absolute Gasteiger partial charge is 0.433 e. The van der Waals surface area contributed by atoms with E-state index in [4.69, 9.17) is 28.3 Å². The molecule has 0 N–H and O–H groups in total. The summed E-state index contributed by atoms with van der Waals surface area (Å²) in [5.74, 6) is -2.04. The van der Waals surface area contributed by atoms with Crippen LogP contribution in [0.25, 0.3) is 27.8 Å². The summed E-state index contributed by atoms with van der Waals surface area (Å²) in [5.41, 5.74) is 0.602. The molecule has 1 unspecified atom stereocenters. The summed E-state index contributed by atoms with van der Waals surface area (Å²) in [4.78, 5) is 19.4. The molecule has 13 heteroatoms. The van der Waals surface area contributed by atoms with Gasteiger partial charge < -0.3 is 9.64 Å². The minimum Gasteiger partial charge on any atom is -0.433 e. The Kier molecular flexibility index (Phi) is 7.28. The van der Waals surface area contributed by atoms with E-state index in [0.29, 0.717) is 5.30 Å². The number of fused-ring (bicyclic) bond motifs is 5. The lowest BCUT2D eigenvalue weighted by Crippen LogP contribution is -2.54. The van der Waals surface area contributed by atoms with Gasteiger partial charge in [-0.3, -0.25) is 9.36 Å². The Labute approximate surface area is 233 Å². The van der Waals surface area contributed by atoms with Crippen molar-refractivity contribution in [2.75, 3.05) is 13.3 Å². The Hall–Kier alpha value is -3.26. The quantitative estimate of drug-likeness (QED) is 0.191. The summed E-state index contributed by atoms with van der Waals surface area (Å²) in [6.07, 6.45) is 0.223. The van der Waals surface area contributed by atoms with Crippen LogP contribution < -0.4 is 10.0 Å². The van der Waals surface area contributed by atoms with Gasteiger partial charge >= 0.3 is 6.61 Å². The second-order valence-corrected chi connectivity index (χ2v) is 12.0. The zero-order valence-electron chi connectivity index (χ0n) is 21.8. The van der Waals surface area contributed by atoms with Gasteiger partial charge in [0, 0.05) is 16.9 Å². The summed E-state index contributed by atoms with van der Waals surface area (Å²) in [6, 6.07) is 10.2. The van der Waals surface area contributed by atoms with Crippen molar-refractivity contribution in [1.82, 2.24) is 14.5 Å². The van der Waals surface area contributed by atoms with Crippen LogP contribution in [-0.2, 0) is 0 Å². The van der Waals surface area contributed by atoms with Gasteiger partial charge in [0.25, 0.3) is 5.91 Å². The van der Waals surface area contributed by atoms with E-state index in [9.17, 15) is 18.0 Å². The van der Waals surface area contributed by atoms with Gasteiger partial charge in [-0.2, -0.15) is 8.78 Å². The van der Waals surface area contributed by atoms with Crippen molar-refractivity contribution in [3.63, 3.8) is 0 Å². The van der Waals surface area contributed by atoms with E-state index in [2.05, 4.69) is 4.98 Å². The minimum absolute atomic E-state index is 0.0530. The molecule has 1 atom stereocenters. The third-order valence-corrected chi connectivity index (χ3v) is 8.14. The Morgan fingerprint density at radius 3 is 2.38 bits per heavy atom. The molecular formula is C27H21B3F4N3O2P. The van der Waals surface area contributed by atoms with Crippen molar-refractivity contribution >= 4 is 53.7 Å². The molecule has 2 heterocycles. The topological polar surface area (TPSA) is 47.4 Å². The number of carbonyl (C=O) groups is 1. The normalized spacial score (nSPS) is 15.5. The second kappa shape index (κ2) is 10.3. The van der Waals surface area contributed by atoms with Crippen LogP contribution in [0.3, 0.4) is 0 Å². The number of imidazole rings is 1. The molecule has 0 fully saturated rings. The number of aromatic nitrogens is 2. The zero-order valence-corrected chi connectivity index (χ0v) is 22.7. The molecule has 5 nitrogen and oxygen atoms in total. The lowest BCUT2D eigenvalue weighted by Gasteiger charge is -2.41. The molecule has 40 heavy (non-hydrogen) atoms. The maximum atomic E-state index is 15.5. The van der Waals surface area contributed by atoms with Gasteiger partial charge in [-0.15, -0.1) is 0 Å². The fourth-order valence-electron chi connectivity index (χ4n) is 5.15. The number of ether oxygens (including phenoxy) is 1. The number of alkyl halides is 2. The molecule has 4 aromatic rings. The van der Waals surface area contributed by atoms with E-state index < -0.39 is 43.4 Å². The molecular weight excluding hydrogens is 538 g/mol. The molecule has 1 aromatic heterocycles. The molecule has 6 radical (unpaired) electrons. The highest BCUT2D eigenvalue weighted by Crippen LogP contribution is 2.43. The first-order valence-corrected chi connectivity index (χ1v) is 14.5. The van der Waals surface area contributed by atoms with Crippen molar-refractivity contribution in [2.45, 2.75) is 31.2 Å². The maximum absolute atomic E-state index is 15.5. The number of amides is 1. The Morgan fingerprint density at radius 2 is 1.77 bits per heavy atom. The lowest BCUT2D eigenvalue weighted by atomic mass is 9.48. The van der Waals surface area contributed by atoms with Gasteiger partial charge in [-0.05, 0) is 49.6 Å². The van der Waals surface area contributed by atoms with Gasteiger partial charge in [-0.25, -0.2) is 13.8 Å². The molecule has 1 aliphatic heterocycles. The van der Waals surface area contributed by atoms with Crippen LogP contribution in [0.2, 0.25) is 0 Å². The highest BCUT2D eigenvalue weighted by Gasteiger charge is 2.41. The van der Waals surface area contributed by atoms with Gasteiger partial charge in [0.15, 0.2) is 5.75 Å². The standard InChI is InChI=1S/C27H21B3F4N3O2P/c1-4-19-24-35-18-12-16(31)15(13-8-9-22(40(2)3)17(32)10-13)11-20(18)36(24)23-14(25(38)37(19)27(28,29)30)6-5-7-21(23)39-26(33)34/h5-12,19,26H,4H2,1-3H3. The van der Waals surface area contributed by atoms with Crippen molar-refractivity contribution in [3.05, 3.63) is 71.6 Å². The van der Waals surface area contributed by atoms with E-state index in [1.807, 2.05) is 13.3 Å². The van der Waals surface area contributed by atoms with Crippen LogP contribution in [0.15, 0.2) is 48.5 Å². The first kappa shape index (κ1) is 28.3. The molecule has 1 aliphatic rings. The van der Waals surface area contributed by atoms with Crippen molar-refractivity contribution in [3.8, 4) is 22.6 Å². The number of rotatable bonds is 6. The summed E-state index contributed by atoms with van der Waals surface area (Å²) >= 11 is 0. The molecule has 0 aliphatic carbocycles. The molecule has 0 saturated carbocycles. The maximum Gasteiger partial charge on any atom is 0.387 e. The molecule has 0 spiro atoms. The highest BCUT2D eigenvalue weighted by atomic mass is 31.1. The number of carbonyl (C=O) groups excluding carboxylic acids is 1. The Balaban J connectivity index is 1.87. The summed E-state index contributed by atoms with van der Waals surface area (Å²) in [7, 11) is 17.3. The first-order chi connectivity index (χ1) is 18.8. The zero-order chi connectivity index (χ0) is 29.1. The van der Waals surface area contributed by atoms with Crippen LogP contribution in [0.1, 0.15) is 35.6 Å². The monoisotopic (exact) mass is 559 g/mol. The van der Waals surface area contributed by atoms with Crippen LogP contribution in [0, 0.1) is 11.6 Å². The Morgan fingerprint density at radius 1 is 1.05 bits per heavy atom. The van der Waals surface area contributed by atoms with E-state index in [1.54, 1.807) is 19.1 Å². The number of para-hydroxylation sites is 1. The van der Waals surface area contributed by atoms with Crippen LogP contribution in [0.4, 0.5) is 17.6 Å². The number of nitrogens with zero attached hydrogens (tertiary/aromatic N) is 3. The highest BCUT2D eigenvalue weighted by molar-refractivity contribution is 7.64. The van der Waals surface area contributed by atoms with Gasteiger partial charge in [0.1, 0.15) is 23.1 Å². The lowest BCUT2D eigenvalue weighted by molar-refractivity contribution is -0.0498. The van der Waals surface area contributed by atoms with Crippen LogP contribution in [-0.4, -0.2) is 69.1 Å². The first-order valence-electron chi connectivity index (χ1n) is 12.3. The SMILES string of the molecule is [B]C([B])([B])N1C(=O)c2cccc(OC(F)F)c2-n2c(nc3cc(F)c(-c4ccc(P(C)C)c(F)c4)cc32)C1CC. The number of halogens is 4. The number of benzene rings is 3. The third-order valence-electron chi connectivity index (χ3n) is 6.81. The van der Waals surface area contributed by atoms with Crippen molar-refractivity contribution in [1.29, 1.82) is 0 Å². The predicted octanol–water partition coefficient (Wildman–Crippen LogP) is 4.96. The molecule has 0 saturated heterocycles. The van der Waals surface area contributed by atoms with Gasteiger partial charge in [-0.1, -0.05) is 38.3 Å². The molecule has 1 amide bonds. The van der Waals surface area contributed by atoms with Gasteiger partial charge in [0.05, 0.1) is 46.2 Å². The molecule has 0 bridgehead atoms. The average Bonchev–Trinajstić information content (AvgIpc) is 3.16. The average molecular weight is 559 g/mol. The number of hydrogen-bond donors (Lipinski definition) is 0. The molecule has 3 aromatic carbocycles. The summed E-state index contributed by atoms with van der Waals surface area (Å²) < 4.78 is 63.6. The smallest absolute Gasteiger partial charge is 0.387 e. The van der Waals surface area contributed by atoms with E-state index >= 15 is 4.39 Å². The predicted molar refractivity (Wildman–Crippen MR) is 151 cm³/mol. The van der Waals surface area contributed by atoms with Crippen molar-refractivity contribution < 1.29 is 27.1 Å². The van der Waals surface area contributed by atoms with E-state index in [-0.39, 0.29) is 51.4 Å². The molecule has 5 rings (SSSR count). The molecule has 198 valence electrons. The Bertz CT molecular complexity index is 1640. The van der Waals surface area contributed by atoms with E-state index in [1.165, 1.54) is 41.0 Å².